The number of nitrogens with zero attached hydrogens (tertiary/aromatic N) is 1. The Balaban J connectivity index is 1.56. The van der Waals surface area contributed by atoms with Crippen LogP contribution in [0.3, 0.4) is 0 Å². The van der Waals surface area contributed by atoms with Gasteiger partial charge in [-0.15, -0.1) is 0 Å². The van der Waals surface area contributed by atoms with Crippen LogP contribution in [0, 0.1) is 11.3 Å². The molecule has 1 aliphatic heterocycles. The second-order valence-corrected chi connectivity index (χ2v) is 13.0. The average Bonchev–Trinajstić information content (AvgIpc) is 3.12. The van der Waals surface area contributed by atoms with Crippen LogP contribution in [0.4, 0.5) is 0 Å². The Kier molecular flexibility index (Phi) is 5.45. The first-order valence-electron chi connectivity index (χ1n) is 11.5. The molecule has 0 aromatic heterocycles. The average molecular weight is 449 g/mol. The number of sulfonamides is 1. The van der Waals surface area contributed by atoms with Gasteiger partial charge in [0, 0.05) is 30.0 Å². The van der Waals surface area contributed by atoms with Crippen LogP contribution in [-0.4, -0.2) is 48.2 Å². The van der Waals surface area contributed by atoms with Crippen molar-refractivity contribution in [1.82, 2.24) is 9.62 Å². The van der Waals surface area contributed by atoms with Crippen LogP contribution < -0.4 is 4.72 Å². The Morgan fingerprint density at radius 2 is 1.94 bits per heavy atom. The second-order valence-electron chi connectivity index (χ2n) is 10.8. The number of nitrogens with one attached hydrogen (secondary N) is 1. The number of amides is 1. The smallest absolute Gasteiger partial charge is 0.226 e. The summed E-state index contributed by atoms with van der Waals surface area (Å²) in [5.41, 5.74) is 1.95. The van der Waals surface area contributed by atoms with E-state index < -0.39 is 15.3 Å². The van der Waals surface area contributed by atoms with Gasteiger partial charge in [0.05, 0.1) is 5.25 Å². The summed E-state index contributed by atoms with van der Waals surface area (Å²) >= 11 is 0. The summed E-state index contributed by atoms with van der Waals surface area (Å²) in [6, 6.07) is 5.65. The number of benzene rings is 1. The maximum atomic E-state index is 13.6. The number of rotatable bonds is 4. The van der Waals surface area contributed by atoms with Gasteiger partial charge < -0.3 is 10.0 Å². The number of phenolic OH excluding ortho intramolecular Hbond substituents is 1. The lowest BCUT2D eigenvalue weighted by Crippen LogP contribution is -2.65. The Bertz CT molecular complexity index is 987. The molecule has 31 heavy (non-hydrogen) atoms. The molecule has 1 saturated carbocycles. The highest BCUT2D eigenvalue weighted by Gasteiger charge is 2.57. The van der Waals surface area contributed by atoms with Gasteiger partial charge >= 0.3 is 0 Å². The van der Waals surface area contributed by atoms with Gasteiger partial charge in [-0.25, -0.2) is 13.1 Å². The number of phenols is 1. The topological polar surface area (TPSA) is 86.7 Å². The van der Waals surface area contributed by atoms with Crippen molar-refractivity contribution >= 4 is 15.9 Å². The van der Waals surface area contributed by atoms with E-state index in [9.17, 15) is 18.3 Å². The molecule has 0 radical (unpaired) electrons. The maximum absolute atomic E-state index is 13.6. The number of hydrogen-bond donors (Lipinski definition) is 2. The van der Waals surface area contributed by atoms with Crippen molar-refractivity contribution < 1.29 is 18.3 Å². The Morgan fingerprint density at radius 1 is 1.23 bits per heavy atom. The highest BCUT2D eigenvalue weighted by molar-refractivity contribution is 7.90. The molecule has 4 rings (SSSR count). The molecule has 1 unspecified atom stereocenters. The standard InChI is InChI=1S/C24H36N2O4S/c1-15(2)31(29,30)25-17-10-9-16(13-17)22(28)26-12-11-24(5)19-7-6-8-20(27)18(19)14-21(26)23(24,3)4/h6-8,15-17,21,25,27H,9-14H2,1-5H3/t16-,17?,21-,24+/m1/s1. The van der Waals surface area contributed by atoms with Gasteiger partial charge in [-0.05, 0) is 68.6 Å². The van der Waals surface area contributed by atoms with Crippen LogP contribution in [0.1, 0.15) is 71.4 Å². The minimum Gasteiger partial charge on any atom is -0.508 e. The van der Waals surface area contributed by atoms with Crippen molar-refractivity contribution in [2.75, 3.05) is 6.54 Å². The van der Waals surface area contributed by atoms with Gasteiger partial charge in [0.15, 0.2) is 0 Å². The van der Waals surface area contributed by atoms with Crippen molar-refractivity contribution in [1.29, 1.82) is 0 Å². The van der Waals surface area contributed by atoms with Crippen molar-refractivity contribution in [3.05, 3.63) is 29.3 Å². The lowest BCUT2D eigenvalue weighted by molar-refractivity contribution is -0.148. The lowest BCUT2D eigenvalue weighted by atomic mass is 9.51. The molecule has 7 heteroatoms. The van der Waals surface area contributed by atoms with Crippen LogP contribution >= 0.6 is 0 Å². The van der Waals surface area contributed by atoms with Crippen LogP contribution in [-0.2, 0) is 26.7 Å². The zero-order chi connectivity index (χ0) is 22.8. The van der Waals surface area contributed by atoms with Crippen LogP contribution in [0.15, 0.2) is 18.2 Å². The third-order valence-corrected chi connectivity index (χ3v) is 10.5. The number of carbonyl (C=O) groups excluding carboxylic acids is 1. The zero-order valence-corrected chi connectivity index (χ0v) is 20.1. The quantitative estimate of drug-likeness (QED) is 0.740. The van der Waals surface area contributed by atoms with Gasteiger partial charge in [-0.2, -0.15) is 0 Å². The first kappa shape index (κ1) is 22.6. The molecule has 2 N–H and O–H groups in total. The summed E-state index contributed by atoms with van der Waals surface area (Å²) in [6.07, 6.45) is 3.49. The van der Waals surface area contributed by atoms with Gasteiger partial charge in [-0.1, -0.05) is 32.9 Å². The first-order valence-corrected chi connectivity index (χ1v) is 13.1. The Hall–Kier alpha value is -1.60. The van der Waals surface area contributed by atoms with Crippen LogP contribution in [0.5, 0.6) is 5.75 Å². The summed E-state index contributed by atoms with van der Waals surface area (Å²) < 4.78 is 27.3. The van der Waals surface area contributed by atoms with Crippen molar-refractivity contribution in [3.63, 3.8) is 0 Å². The van der Waals surface area contributed by atoms with Crippen molar-refractivity contribution in [2.45, 2.75) is 89.5 Å². The molecule has 4 atom stereocenters. The summed E-state index contributed by atoms with van der Waals surface area (Å²) in [5.74, 6) is 0.318. The fourth-order valence-electron chi connectivity index (χ4n) is 6.11. The predicted octanol–water partition coefficient (Wildman–Crippen LogP) is 3.33. The molecule has 0 spiro atoms. The van der Waals surface area contributed by atoms with E-state index in [1.165, 1.54) is 5.56 Å². The number of carbonyl (C=O) groups is 1. The Labute approximate surface area is 186 Å². The number of aromatic hydroxyl groups is 1. The first-order chi connectivity index (χ1) is 14.4. The molecule has 1 aromatic rings. The van der Waals surface area contributed by atoms with E-state index in [1.54, 1.807) is 19.9 Å². The minimum atomic E-state index is -3.34. The molecular formula is C24H36N2O4S. The molecule has 1 saturated heterocycles. The van der Waals surface area contributed by atoms with E-state index in [1.807, 2.05) is 11.0 Å². The third-order valence-electron chi connectivity index (χ3n) is 8.64. The SMILES string of the molecule is CC(C)S(=O)(=O)NC1CC[C@@H](C(=O)N2CC[C@@]3(C)c4cccc(O)c4C[C@@H]2C3(C)C)C1. The fourth-order valence-corrected chi connectivity index (χ4v) is 7.06. The van der Waals surface area contributed by atoms with E-state index in [-0.39, 0.29) is 34.7 Å². The monoisotopic (exact) mass is 448 g/mol. The third kappa shape index (κ3) is 3.48. The molecule has 3 aliphatic rings. The number of piperidine rings is 1. The van der Waals surface area contributed by atoms with E-state index in [0.29, 0.717) is 38.0 Å². The molecule has 2 fully saturated rings. The number of hydrogen-bond acceptors (Lipinski definition) is 4. The van der Waals surface area contributed by atoms with Gasteiger partial charge in [0.1, 0.15) is 5.75 Å². The molecular weight excluding hydrogens is 412 g/mol. The molecule has 1 aromatic carbocycles. The molecule has 172 valence electrons. The normalized spacial score (nSPS) is 32.2. The summed E-state index contributed by atoms with van der Waals surface area (Å²) in [6.45, 7) is 10.8. The highest BCUT2D eigenvalue weighted by Crippen LogP contribution is 2.57. The number of fused-ring (bicyclic) bond motifs is 4. The van der Waals surface area contributed by atoms with E-state index in [2.05, 4.69) is 31.6 Å². The minimum absolute atomic E-state index is 0.0194. The van der Waals surface area contributed by atoms with Crippen molar-refractivity contribution in [2.24, 2.45) is 11.3 Å². The maximum Gasteiger partial charge on any atom is 0.226 e. The van der Waals surface area contributed by atoms with Gasteiger partial charge in [0.2, 0.25) is 15.9 Å². The van der Waals surface area contributed by atoms with Crippen LogP contribution in [0.25, 0.3) is 0 Å². The fraction of sp³-hybridized carbons (Fsp3) is 0.708. The Morgan fingerprint density at radius 3 is 2.61 bits per heavy atom. The largest absolute Gasteiger partial charge is 0.508 e. The van der Waals surface area contributed by atoms with Gasteiger partial charge in [-0.3, -0.25) is 4.79 Å². The second kappa shape index (κ2) is 7.48. The van der Waals surface area contributed by atoms with E-state index in [4.69, 9.17) is 0 Å². The van der Waals surface area contributed by atoms with E-state index >= 15 is 0 Å². The number of likely N-dealkylation sites (tertiary alicyclic amines) is 1. The van der Waals surface area contributed by atoms with E-state index in [0.717, 1.165) is 12.0 Å². The molecule has 2 bridgehead atoms. The predicted molar refractivity (Wildman–Crippen MR) is 121 cm³/mol. The summed E-state index contributed by atoms with van der Waals surface area (Å²) in [5, 5.41) is 10.1. The summed E-state index contributed by atoms with van der Waals surface area (Å²) in [4.78, 5) is 15.7. The van der Waals surface area contributed by atoms with Crippen LogP contribution in [0.2, 0.25) is 0 Å². The zero-order valence-electron chi connectivity index (χ0n) is 19.3. The molecule has 6 nitrogen and oxygen atoms in total. The lowest BCUT2D eigenvalue weighted by Gasteiger charge is -2.61. The van der Waals surface area contributed by atoms with Crippen molar-refractivity contribution in [3.8, 4) is 5.75 Å². The summed E-state index contributed by atoms with van der Waals surface area (Å²) in [7, 11) is -3.34. The molecule has 1 heterocycles. The van der Waals surface area contributed by atoms with Gasteiger partial charge in [0.25, 0.3) is 0 Å². The highest BCUT2D eigenvalue weighted by atomic mass is 32.2. The molecule has 2 aliphatic carbocycles. The molecule has 1 amide bonds.